The van der Waals surface area contributed by atoms with E-state index in [1.165, 1.54) is 12.1 Å². The lowest BCUT2D eigenvalue weighted by molar-refractivity contribution is 0.226. The number of hydrogen-bond acceptors (Lipinski definition) is 3. The van der Waals surface area contributed by atoms with Crippen molar-refractivity contribution >= 4 is 9.84 Å². The molecule has 104 valence electrons. The quantitative estimate of drug-likeness (QED) is 0.776. The minimum absolute atomic E-state index is 0.00580. The molecule has 1 heterocycles. The number of nitrogens with zero attached hydrogens (tertiary/aromatic N) is 1. The fraction of sp³-hybridized carbons (Fsp3) is 0.429. The molecule has 0 unspecified atom stereocenters. The first kappa shape index (κ1) is 14.2. The minimum Gasteiger partial charge on any atom is -0.291 e. The molecule has 0 aliphatic carbocycles. The van der Waals surface area contributed by atoms with Gasteiger partial charge in [0.2, 0.25) is 0 Å². The van der Waals surface area contributed by atoms with Crippen LogP contribution in [0.2, 0.25) is 0 Å². The Morgan fingerprint density at radius 3 is 2.84 bits per heavy atom. The van der Waals surface area contributed by atoms with Crippen LogP contribution in [0.4, 0.5) is 4.39 Å². The Hall–Kier alpha value is -1.20. The third-order valence-electron chi connectivity index (χ3n) is 3.36. The van der Waals surface area contributed by atoms with E-state index in [-0.39, 0.29) is 23.4 Å². The predicted molar refractivity (Wildman–Crippen MR) is 74.1 cm³/mol. The predicted octanol–water partition coefficient (Wildman–Crippen LogP) is 2.00. The molecule has 1 aliphatic rings. The summed E-state index contributed by atoms with van der Waals surface area (Å²) in [7, 11) is -2.91. The molecule has 2 rings (SSSR count). The van der Waals surface area contributed by atoms with E-state index in [4.69, 9.17) is 0 Å². The topological polar surface area (TPSA) is 37.4 Å². The Kier molecular flexibility index (Phi) is 4.37. The summed E-state index contributed by atoms with van der Waals surface area (Å²) in [5, 5.41) is 0. The van der Waals surface area contributed by atoms with Crippen LogP contribution in [0.5, 0.6) is 0 Å². The third-order valence-corrected chi connectivity index (χ3v) is 5.11. The summed E-state index contributed by atoms with van der Waals surface area (Å²) in [5.41, 5.74) is 0.853. The first-order chi connectivity index (χ1) is 9.00. The summed E-state index contributed by atoms with van der Waals surface area (Å²) < 4.78 is 36.3. The molecular formula is C14H18FNO2S. The van der Waals surface area contributed by atoms with E-state index in [2.05, 4.69) is 6.58 Å². The highest BCUT2D eigenvalue weighted by atomic mass is 32.2. The molecule has 0 saturated carbocycles. The summed E-state index contributed by atoms with van der Waals surface area (Å²) in [6.45, 7) is 4.86. The molecule has 0 N–H and O–H groups in total. The van der Waals surface area contributed by atoms with Crippen molar-refractivity contribution in [2.45, 2.75) is 19.0 Å². The van der Waals surface area contributed by atoms with Crippen LogP contribution in [0.15, 0.2) is 36.9 Å². The molecule has 1 saturated heterocycles. The van der Waals surface area contributed by atoms with Crippen LogP contribution < -0.4 is 0 Å². The van der Waals surface area contributed by atoms with Crippen LogP contribution in [-0.2, 0) is 16.4 Å². The molecule has 1 atom stereocenters. The summed E-state index contributed by atoms with van der Waals surface area (Å²) in [5.74, 6) is 0.167. The van der Waals surface area contributed by atoms with Crippen LogP contribution in [-0.4, -0.2) is 37.4 Å². The van der Waals surface area contributed by atoms with Gasteiger partial charge in [0.15, 0.2) is 9.84 Å². The zero-order valence-corrected chi connectivity index (χ0v) is 11.6. The molecule has 0 bridgehead atoms. The molecule has 0 aromatic heterocycles. The SMILES string of the molecule is C=CCN(Cc1cccc(F)c1)[C@@H]1CCS(=O)(=O)C1. The lowest BCUT2D eigenvalue weighted by Gasteiger charge is -2.26. The lowest BCUT2D eigenvalue weighted by atomic mass is 10.1. The number of halogens is 1. The molecule has 0 amide bonds. The van der Waals surface area contributed by atoms with Crippen molar-refractivity contribution in [2.75, 3.05) is 18.1 Å². The van der Waals surface area contributed by atoms with Gasteiger partial charge in [-0.25, -0.2) is 12.8 Å². The number of rotatable bonds is 5. The second kappa shape index (κ2) is 5.84. The molecule has 0 radical (unpaired) electrons. The van der Waals surface area contributed by atoms with Crippen LogP contribution >= 0.6 is 0 Å². The van der Waals surface area contributed by atoms with Crippen molar-refractivity contribution in [2.24, 2.45) is 0 Å². The summed E-state index contributed by atoms with van der Waals surface area (Å²) in [6, 6.07) is 6.41. The maximum Gasteiger partial charge on any atom is 0.151 e. The summed E-state index contributed by atoms with van der Waals surface area (Å²) >= 11 is 0. The van der Waals surface area contributed by atoms with Gasteiger partial charge in [-0.15, -0.1) is 6.58 Å². The van der Waals surface area contributed by atoms with Gasteiger partial charge in [-0.2, -0.15) is 0 Å². The smallest absolute Gasteiger partial charge is 0.151 e. The van der Waals surface area contributed by atoms with E-state index >= 15 is 0 Å². The van der Waals surface area contributed by atoms with Gasteiger partial charge in [0.25, 0.3) is 0 Å². The van der Waals surface area contributed by atoms with E-state index < -0.39 is 9.84 Å². The van der Waals surface area contributed by atoms with Crippen molar-refractivity contribution in [3.8, 4) is 0 Å². The fourth-order valence-corrected chi connectivity index (χ4v) is 4.20. The third kappa shape index (κ3) is 3.88. The van der Waals surface area contributed by atoms with Gasteiger partial charge >= 0.3 is 0 Å². The molecule has 1 aliphatic heterocycles. The summed E-state index contributed by atoms with van der Waals surface area (Å²) in [4.78, 5) is 2.05. The van der Waals surface area contributed by atoms with Crippen LogP contribution in [0.25, 0.3) is 0 Å². The van der Waals surface area contributed by atoms with E-state index in [0.717, 1.165) is 5.56 Å². The Labute approximate surface area is 113 Å². The van der Waals surface area contributed by atoms with Crippen molar-refractivity contribution in [1.29, 1.82) is 0 Å². The van der Waals surface area contributed by atoms with Gasteiger partial charge in [-0.1, -0.05) is 18.2 Å². The van der Waals surface area contributed by atoms with E-state index in [1.54, 1.807) is 12.1 Å². The highest BCUT2D eigenvalue weighted by Gasteiger charge is 2.31. The Morgan fingerprint density at radius 2 is 2.26 bits per heavy atom. The molecule has 3 nitrogen and oxygen atoms in total. The Morgan fingerprint density at radius 1 is 1.47 bits per heavy atom. The highest BCUT2D eigenvalue weighted by Crippen LogP contribution is 2.20. The number of sulfone groups is 1. The van der Waals surface area contributed by atoms with Gasteiger partial charge < -0.3 is 0 Å². The second-order valence-electron chi connectivity index (χ2n) is 4.90. The standard InChI is InChI=1S/C14H18FNO2S/c1-2-7-16(14-6-8-19(17,18)11-14)10-12-4-3-5-13(15)9-12/h2-5,9,14H,1,6-8,10-11H2/t14-/m1/s1. The molecule has 1 aromatic rings. The number of hydrogen-bond donors (Lipinski definition) is 0. The van der Waals surface area contributed by atoms with Crippen molar-refractivity contribution < 1.29 is 12.8 Å². The van der Waals surface area contributed by atoms with Crippen LogP contribution in [0, 0.1) is 5.82 Å². The van der Waals surface area contributed by atoms with Crippen LogP contribution in [0.1, 0.15) is 12.0 Å². The Bertz CT molecular complexity index is 556. The molecule has 1 aromatic carbocycles. The second-order valence-corrected chi connectivity index (χ2v) is 7.13. The lowest BCUT2D eigenvalue weighted by Crippen LogP contribution is -2.35. The molecule has 1 fully saturated rings. The molecular weight excluding hydrogens is 265 g/mol. The zero-order valence-electron chi connectivity index (χ0n) is 10.8. The molecule has 19 heavy (non-hydrogen) atoms. The van der Waals surface area contributed by atoms with Gasteiger partial charge in [0.05, 0.1) is 11.5 Å². The van der Waals surface area contributed by atoms with Gasteiger partial charge in [0.1, 0.15) is 5.82 Å². The van der Waals surface area contributed by atoms with Crippen molar-refractivity contribution in [1.82, 2.24) is 4.90 Å². The minimum atomic E-state index is -2.91. The first-order valence-electron chi connectivity index (χ1n) is 6.30. The average Bonchev–Trinajstić information content (AvgIpc) is 2.69. The largest absolute Gasteiger partial charge is 0.291 e. The first-order valence-corrected chi connectivity index (χ1v) is 8.12. The van der Waals surface area contributed by atoms with E-state index in [9.17, 15) is 12.8 Å². The maximum absolute atomic E-state index is 13.2. The van der Waals surface area contributed by atoms with Gasteiger partial charge in [0, 0.05) is 19.1 Å². The van der Waals surface area contributed by atoms with Gasteiger partial charge in [-0.3, -0.25) is 4.90 Å². The van der Waals surface area contributed by atoms with Crippen molar-refractivity contribution in [3.05, 3.63) is 48.3 Å². The highest BCUT2D eigenvalue weighted by molar-refractivity contribution is 7.91. The summed E-state index contributed by atoms with van der Waals surface area (Å²) in [6.07, 6.45) is 2.40. The van der Waals surface area contributed by atoms with Gasteiger partial charge in [-0.05, 0) is 24.1 Å². The van der Waals surface area contributed by atoms with Crippen molar-refractivity contribution in [3.63, 3.8) is 0 Å². The zero-order chi connectivity index (χ0) is 13.9. The average molecular weight is 283 g/mol. The van der Waals surface area contributed by atoms with Crippen LogP contribution in [0.3, 0.4) is 0 Å². The maximum atomic E-state index is 13.2. The van der Waals surface area contributed by atoms with E-state index in [0.29, 0.717) is 19.5 Å². The fourth-order valence-electron chi connectivity index (χ4n) is 2.44. The Balaban J connectivity index is 2.10. The molecule has 5 heteroatoms. The van der Waals surface area contributed by atoms with E-state index in [1.807, 2.05) is 11.0 Å². The monoisotopic (exact) mass is 283 g/mol. The number of benzene rings is 1. The molecule has 0 spiro atoms. The normalized spacial score (nSPS) is 21.7.